The Balaban J connectivity index is 2.06. The fourth-order valence-electron chi connectivity index (χ4n) is 3.01. The van der Waals surface area contributed by atoms with Crippen LogP contribution in [0.3, 0.4) is 0 Å². The van der Waals surface area contributed by atoms with E-state index in [1.807, 2.05) is 26.1 Å². The fraction of sp³-hybridized carbons (Fsp3) is 0.500. The number of urea groups is 1. The fourth-order valence-corrected chi connectivity index (χ4v) is 3.61. The molecule has 132 valence electrons. The largest absolute Gasteiger partial charge is 0.331 e. The van der Waals surface area contributed by atoms with Gasteiger partial charge in [-0.3, -0.25) is 0 Å². The first kappa shape index (κ1) is 19.1. The van der Waals surface area contributed by atoms with E-state index in [2.05, 4.69) is 23.8 Å². The molecule has 1 heterocycles. The minimum atomic E-state index is -0.220. The molecule has 2 unspecified atom stereocenters. The Kier molecular flexibility index (Phi) is 6.55. The third-order valence-corrected chi connectivity index (χ3v) is 5.53. The van der Waals surface area contributed by atoms with Gasteiger partial charge in [0.15, 0.2) is 0 Å². The van der Waals surface area contributed by atoms with Crippen LogP contribution in [-0.2, 0) is 6.42 Å². The number of hydrogen-bond acceptors (Lipinski definition) is 2. The maximum atomic E-state index is 12.5. The minimum Gasteiger partial charge on any atom is -0.331 e. The molecular weight excluding hydrogens is 345 g/mol. The summed E-state index contributed by atoms with van der Waals surface area (Å²) >= 11 is 12.7. The summed E-state index contributed by atoms with van der Waals surface area (Å²) in [6.07, 6.45) is 3.45. The number of hydrogen-bond donors (Lipinski definition) is 1. The van der Waals surface area contributed by atoms with Gasteiger partial charge in [-0.25, -0.2) is 4.79 Å². The topological polar surface area (TPSA) is 35.6 Å². The van der Waals surface area contributed by atoms with Crippen molar-refractivity contribution in [2.75, 3.05) is 27.2 Å². The van der Waals surface area contributed by atoms with Crippen LogP contribution in [-0.4, -0.2) is 49.1 Å². The number of amides is 2. The summed E-state index contributed by atoms with van der Waals surface area (Å²) < 4.78 is 0. The van der Waals surface area contributed by atoms with Gasteiger partial charge in [-0.2, -0.15) is 0 Å². The first-order chi connectivity index (χ1) is 11.3. The second kappa shape index (κ2) is 8.24. The molecule has 1 aliphatic heterocycles. The van der Waals surface area contributed by atoms with E-state index in [-0.39, 0.29) is 18.1 Å². The molecule has 1 fully saturated rings. The van der Waals surface area contributed by atoms with Gasteiger partial charge < -0.3 is 15.1 Å². The van der Waals surface area contributed by atoms with E-state index in [9.17, 15) is 4.79 Å². The Morgan fingerprint density at radius 1 is 1.50 bits per heavy atom. The summed E-state index contributed by atoms with van der Waals surface area (Å²) in [4.78, 5) is 16.5. The highest BCUT2D eigenvalue weighted by Gasteiger charge is 2.27. The summed E-state index contributed by atoms with van der Waals surface area (Å²) in [5.41, 5.74) is 1.75. The molecule has 2 rings (SSSR count). The van der Waals surface area contributed by atoms with Gasteiger partial charge in [-0.15, -0.1) is 6.58 Å². The number of rotatable bonds is 5. The molecule has 2 atom stereocenters. The minimum absolute atomic E-state index is 0.0924. The molecule has 1 aliphatic rings. The lowest BCUT2D eigenvalue weighted by atomic mass is 10.0. The number of carbonyl (C=O) groups is 1. The average molecular weight is 370 g/mol. The van der Waals surface area contributed by atoms with Gasteiger partial charge >= 0.3 is 6.03 Å². The van der Waals surface area contributed by atoms with Gasteiger partial charge in [0.25, 0.3) is 0 Å². The van der Waals surface area contributed by atoms with E-state index in [0.29, 0.717) is 16.5 Å². The lowest BCUT2D eigenvalue weighted by Crippen LogP contribution is -2.45. The van der Waals surface area contributed by atoms with Crippen molar-refractivity contribution in [3.05, 3.63) is 46.0 Å². The molecule has 2 amide bonds. The van der Waals surface area contributed by atoms with Crippen LogP contribution in [0.4, 0.5) is 4.79 Å². The highest BCUT2D eigenvalue weighted by Crippen LogP contribution is 2.33. The standard InChI is InChI=1S/C18H25Cl2N3O/c1-5-6-13-7-8-15(17(20)16(13)19)12(2)21-18(24)23(4)14-9-10-22(3)11-14/h5,7-8,12,14H,1,6,9-11H2,2-4H3,(H,21,24). The SMILES string of the molecule is C=CCc1ccc(C(C)NC(=O)N(C)C2CCN(C)C2)c(Cl)c1Cl. The summed E-state index contributed by atoms with van der Waals surface area (Å²) in [7, 11) is 3.91. The van der Waals surface area contributed by atoms with Gasteiger partial charge in [0.05, 0.1) is 16.1 Å². The highest BCUT2D eigenvalue weighted by atomic mass is 35.5. The summed E-state index contributed by atoms with van der Waals surface area (Å²) in [6, 6.07) is 3.79. The number of likely N-dealkylation sites (tertiary alicyclic amines) is 1. The molecule has 1 saturated heterocycles. The van der Waals surface area contributed by atoms with Crippen LogP contribution < -0.4 is 5.32 Å². The molecule has 1 N–H and O–H groups in total. The van der Waals surface area contributed by atoms with Crippen LogP contribution in [0.5, 0.6) is 0 Å². The Labute approximate surface area is 154 Å². The van der Waals surface area contributed by atoms with E-state index < -0.39 is 0 Å². The third kappa shape index (κ3) is 4.24. The molecule has 1 aromatic carbocycles. The van der Waals surface area contributed by atoms with Crippen molar-refractivity contribution in [2.45, 2.75) is 31.8 Å². The average Bonchev–Trinajstić information content (AvgIpc) is 2.97. The van der Waals surface area contributed by atoms with Crippen molar-refractivity contribution in [1.82, 2.24) is 15.1 Å². The maximum absolute atomic E-state index is 12.5. The predicted octanol–water partition coefficient (Wildman–Crippen LogP) is 4.13. The Morgan fingerprint density at radius 3 is 2.79 bits per heavy atom. The number of nitrogens with zero attached hydrogens (tertiary/aromatic N) is 2. The number of halogens is 2. The normalized spacial score (nSPS) is 19.1. The zero-order valence-electron chi connectivity index (χ0n) is 14.5. The molecule has 0 aromatic heterocycles. The molecule has 1 aromatic rings. The van der Waals surface area contributed by atoms with Gasteiger partial charge in [0.2, 0.25) is 0 Å². The third-order valence-electron chi connectivity index (χ3n) is 4.60. The zero-order valence-corrected chi connectivity index (χ0v) is 16.0. The van der Waals surface area contributed by atoms with E-state index in [1.165, 1.54) is 0 Å². The van der Waals surface area contributed by atoms with E-state index in [1.54, 1.807) is 11.0 Å². The van der Waals surface area contributed by atoms with Crippen molar-refractivity contribution >= 4 is 29.2 Å². The molecule has 0 spiro atoms. The molecular formula is C18H25Cl2N3O. The zero-order chi connectivity index (χ0) is 17.9. The number of carbonyl (C=O) groups excluding carboxylic acids is 1. The molecule has 6 heteroatoms. The summed E-state index contributed by atoms with van der Waals surface area (Å²) in [5.74, 6) is 0. The van der Waals surface area contributed by atoms with Gasteiger partial charge in [0, 0.05) is 19.6 Å². The second-order valence-electron chi connectivity index (χ2n) is 6.42. The van der Waals surface area contributed by atoms with Crippen LogP contribution >= 0.6 is 23.2 Å². The van der Waals surface area contributed by atoms with Crippen LogP contribution in [0.25, 0.3) is 0 Å². The van der Waals surface area contributed by atoms with E-state index in [0.717, 1.165) is 30.6 Å². The molecule has 0 saturated carbocycles. The highest BCUT2D eigenvalue weighted by molar-refractivity contribution is 6.43. The maximum Gasteiger partial charge on any atom is 0.317 e. The van der Waals surface area contributed by atoms with Gasteiger partial charge in [-0.1, -0.05) is 41.4 Å². The lowest BCUT2D eigenvalue weighted by molar-refractivity contribution is 0.187. The molecule has 0 radical (unpaired) electrons. The number of benzene rings is 1. The van der Waals surface area contributed by atoms with Crippen molar-refractivity contribution in [1.29, 1.82) is 0 Å². The lowest BCUT2D eigenvalue weighted by Gasteiger charge is -2.27. The first-order valence-electron chi connectivity index (χ1n) is 8.14. The van der Waals surface area contributed by atoms with Crippen LogP contribution in [0.1, 0.15) is 30.5 Å². The van der Waals surface area contributed by atoms with Crippen molar-refractivity contribution in [3.63, 3.8) is 0 Å². The van der Waals surface area contributed by atoms with Gasteiger partial charge in [-0.05, 0) is 44.5 Å². The summed E-state index contributed by atoms with van der Waals surface area (Å²) in [5, 5.41) is 4.03. The monoisotopic (exact) mass is 369 g/mol. The van der Waals surface area contributed by atoms with Crippen molar-refractivity contribution in [3.8, 4) is 0 Å². The smallest absolute Gasteiger partial charge is 0.317 e. The van der Waals surface area contributed by atoms with Crippen LogP contribution in [0.15, 0.2) is 24.8 Å². The van der Waals surface area contributed by atoms with E-state index >= 15 is 0 Å². The van der Waals surface area contributed by atoms with Crippen molar-refractivity contribution < 1.29 is 4.79 Å². The van der Waals surface area contributed by atoms with Crippen LogP contribution in [0.2, 0.25) is 10.0 Å². The summed E-state index contributed by atoms with van der Waals surface area (Å²) in [6.45, 7) is 7.55. The molecule has 0 aliphatic carbocycles. The molecule has 0 bridgehead atoms. The number of allylic oxidation sites excluding steroid dienone is 1. The van der Waals surface area contributed by atoms with Crippen LogP contribution in [0, 0.1) is 0 Å². The molecule has 4 nitrogen and oxygen atoms in total. The van der Waals surface area contributed by atoms with Gasteiger partial charge in [0.1, 0.15) is 0 Å². The van der Waals surface area contributed by atoms with Crippen molar-refractivity contribution in [2.24, 2.45) is 0 Å². The quantitative estimate of drug-likeness (QED) is 0.792. The Hall–Kier alpha value is -1.23. The predicted molar refractivity (Wildman–Crippen MR) is 101 cm³/mol. The number of nitrogens with one attached hydrogen (secondary N) is 1. The number of likely N-dealkylation sites (N-methyl/N-ethyl adjacent to an activating group) is 2. The van der Waals surface area contributed by atoms with E-state index in [4.69, 9.17) is 23.2 Å². The Bertz CT molecular complexity index is 621. The second-order valence-corrected chi connectivity index (χ2v) is 7.18. The molecule has 24 heavy (non-hydrogen) atoms. The first-order valence-corrected chi connectivity index (χ1v) is 8.90. The Morgan fingerprint density at radius 2 is 2.21 bits per heavy atom.